The minimum Gasteiger partial charge on any atom is -0.486 e. The van der Waals surface area contributed by atoms with Gasteiger partial charge < -0.3 is 23.0 Å². The Bertz CT molecular complexity index is 855. The van der Waals surface area contributed by atoms with E-state index in [2.05, 4.69) is 10.2 Å². The molecule has 3 aromatic rings. The van der Waals surface area contributed by atoms with E-state index in [0.29, 0.717) is 36.0 Å². The van der Waals surface area contributed by atoms with Crippen LogP contribution in [0.1, 0.15) is 16.2 Å². The highest BCUT2D eigenvalue weighted by Crippen LogP contribution is 2.31. The molecule has 0 radical (unpaired) electrons. The van der Waals surface area contributed by atoms with Crippen LogP contribution in [0.4, 0.5) is 0 Å². The summed E-state index contributed by atoms with van der Waals surface area (Å²) in [5, 5.41) is 7.64. The lowest BCUT2D eigenvalue weighted by Gasteiger charge is -2.18. The number of carbonyl (C=O) groups is 1. The van der Waals surface area contributed by atoms with E-state index >= 15 is 0 Å². The Morgan fingerprint density at radius 1 is 1.12 bits per heavy atom. The second kappa shape index (κ2) is 6.07. The van der Waals surface area contributed by atoms with Gasteiger partial charge in [-0.2, -0.15) is 0 Å². The highest BCUT2D eigenvalue weighted by Gasteiger charge is 2.17. The van der Waals surface area contributed by atoms with Gasteiger partial charge in [0.05, 0.1) is 11.8 Å². The summed E-state index contributed by atoms with van der Waals surface area (Å²) in [4.78, 5) is 12.1. The van der Waals surface area contributed by atoms with E-state index in [1.807, 2.05) is 0 Å². The third-order valence-corrected chi connectivity index (χ3v) is 3.30. The molecule has 0 aliphatic carbocycles. The summed E-state index contributed by atoms with van der Waals surface area (Å²) in [5.74, 6) is 1.46. The molecule has 0 atom stereocenters. The number of fused-ring (bicyclic) bond motifs is 1. The van der Waals surface area contributed by atoms with Crippen molar-refractivity contribution < 1.29 is 27.8 Å². The molecule has 2 aromatic heterocycles. The minimum atomic E-state index is -0.523. The molecule has 0 amide bonds. The summed E-state index contributed by atoms with van der Waals surface area (Å²) >= 11 is 0. The lowest BCUT2D eigenvalue weighted by atomic mass is 10.2. The second-order valence-electron chi connectivity index (χ2n) is 4.91. The molecule has 4 rings (SSSR count). The summed E-state index contributed by atoms with van der Waals surface area (Å²) < 4.78 is 26.5. The van der Waals surface area contributed by atoms with Crippen molar-refractivity contribution in [3.05, 3.63) is 48.0 Å². The summed E-state index contributed by atoms with van der Waals surface area (Å²) in [7, 11) is 0. The fraction of sp³-hybridized carbons (Fsp3) is 0.188. The zero-order valence-corrected chi connectivity index (χ0v) is 12.4. The Morgan fingerprint density at radius 3 is 2.83 bits per heavy atom. The standard InChI is InChI=1S/C16H12N2O6/c19-16(10-3-4-11-13(8-10)22-7-6-21-11)23-9-14-17-18-15(24-14)12-2-1-5-20-12/h1-5,8H,6-7,9H2. The highest BCUT2D eigenvalue weighted by atomic mass is 16.6. The van der Waals surface area contributed by atoms with E-state index < -0.39 is 5.97 Å². The monoisotopic (exact) mass is 328 g/mol. The fourth-order valence-electron chi connectivity index (χ4n) is 2.19. The van der Waals surface area contributed by atoms with Crippen LogP contribution in [-0.4, -0.2) is 29.4 Å². The zero-order valence-electron chi connectivity index (χ0n) is 12.4. The largest absolute Gasteiger partial charge is 0.486 e. The number of esters is 1. The van der Waals surface area contributed by atoms with Crippen molar-refractivity contribution >= 4 is 5.97 Å². The van der Waals surface area contributed by atoms with E-state index in [4.69, 9.17) is 23.0 Å². The van der Waals surface area contributed by atoms with Crippen molar-refractivity contribution in [2.24, 2.45) is 0 Å². The average molecular weight is 328 g/mol. The van der Waals surface area contributed by atoms with Crippen LogP contribution in [0.5, 0.6) is 11.5 Å². The van der Waals surface area contributed by atoms with E-state index in [9.17, 15) is 4.79 Å². The smallest absolute Gasteiger partial charge is 0.338 e. The predicted octanol–water partition coefficient (Wildman–Crippen LogP) is 2.46. The molecule has 1 aliphatic heterocycles. The number of ether oxygens (including phenoxy) is 3. The van der Waals surface area contributed by atoms with Gasteiger partial charge >= 0.3 is 5.97 Å². The van der Waals surface area contributed by atoms with Crippen LogP contribution in [0.15, 0.2) is 45.4 Å². The molecule has 0 bridgehead atoms. The number of nitrogens with zero attached hydrogens (tertiary/aromatic N) is 2. The van der Waals surface area contributed by atoms with Crippen molar-refractivity contribution in [2.45, 2.75) is 6.61 Å². The van der Waals surface area contributed by atoms with Crippen molar-refractivity contribution in [3.8, 4) is 23.1 Å². The van der Waals surface area contributed by atoms with E-state index in [-0.39, 0.29) is 18.4 Å². The van der Waals surface area contributed by atoms with Gasteiger partial charge in [0.1, 0.15) is 13.2 Å². The molecule has 0 fully saturated rings. The molecular formula is C16H12N2O6. The highest BCUT2D eigenvalue weighted by molar-refractivity contribution is 5.90. The second-order valence-corrected chi connectivity index (χ2v) is 4.91. The van der Waals surface area contributed by atoms with Gasteiger partial charge in [-0.1, -0.05) is 0 Å². The first-order chi connectivity index (χ1) is 11.8. The van der Waals surface area contributed by atoms with E-state index in [1.165, 1.54) is 6.26 Å². The topological polar surface area (TPSA) is 96.8 Å². The van der Waals surface area contributed by atoms with Crippen LogP contribution >= 0.6 is 0 Å². The van der Waals surface area contributed by atoms with Gasteiger partial charge in [-0.25, -0.2) is 4.79 Å². The van der Waals surface area contributed by atoms with Crippen molar-refractivity contribution in [1.82, 2.24) is 10.2 Å². The summed E-state index contributed by atoms with van der Waals surface area (Å²) in [6.45, 7) is 0.802. The molecule has 0 N–H and O–H groups in total. The minimum absolute atomic E-state index is 0.138. The Balaban J connectivity index is 1.41. The number of carbonyl (C=O) groups excluding carboxylic acids is 1. The number of hydrogen-bond donors (Lipinski definition) is 0. The van der Waals surface area contributed by atoms with Crippen LogP contribution in [-0.2, 0) is 11.3 Å². The van der Waals surface area contributed by atoms with Crippen molar-refractivity contribution in [2.75, 3.05) is 13.2 Å². The van der Waals surface area contributed by atoms with Gasteiger partial charge in [-0.15, -0.1) is 10.2 Å². The van der Waals surface area contributed by atoms with Crippen LogP contribution in [0.3, 0.4) is 0 Å². The molecule has 0 unspecified atom stereocenters. The van der Waals surface area contributed by atoms with Gasteiger partial charge in [0, 0.05) is 0 Å². The first-order valence-electron chi connectivity index (χ1n) is 7.22. The summed E-state index contributed by atoms with van der Waals surface area (Å²) in [6, 6.07) is 8.27. The van der Waals surface area contributed by atoms with Crippen molar-refractivity contribution in [3.63, 3.8) is 0 Å². The zero-order chi connectivity index (χ0) is 16.4. The molecule has 3 heterocycles. The Labute approximate surface area is 135 Å². The number of benzene rings is 1. The van der Waals surface area contributed by atoms with E-state index in [0.717, 1.165) is 0 Å². The molecule has 122 valence electrons. The quantitative estimate of drug-likeness (QED) is 0.674. The maximum absolute atomic E-state index is 12.1. The number of hydrogen-bond acceptors (Lipinski definition) is 8. The van der Waals surface area contributed by atoms with Crippen LogP contribution in [0.2, 0.25) is 0 Å². The molecule has 0 saturated carbocycles. The maximum Gasteiger partial charge on any atom is 0.338 e. The molecule has 0 spiro atoms. The molecule has 24 heavy (non-hydrogen) atoms. The SMILES string of the molecule is O=C(OCc1nnc(-c2ccco2)o1)c1ccc2c(c1)OCCO2. The number of furan rings is 1. The third-order valence-electron chi connectivity index (χ3n) is 3.30. The van der Waals surface area contributed by atoms with Gasteiger partial charge in [-0.3, -0.25) is 0 Å². The Hall–Kier alpha value is -3.29. The van der Waals surface area contributed by atoms with Gasteiger partial charge in [0.25, 0.3) is 11.8 Å². The lowest BCUT2D eigenvalue weighted by Crippen LogP contribution is -2.16. The van der Waals surface area contributed by atoms with Crippen LogP contribution in [0.25, 0.3) is 11.7 Å². The lowest BCUT2D eigenvalue weighted by molar-refractivity contribution is 0.0437. The molecule has 8 heteroatoms. The third kappa shape index (κ3) is 2.81. The van der Waals surface area contributed by atoms with E-state index in [1.54, 1.807) is 30.3 Å². The van der Waals surface area contributed by atoms with Crippen LogP contribution in [0, 0.1) is 0 Å². The maximum atomic E-state index is 12.1. The molecular weight excluding hydrogens is 316 g/mol. The average Bonchev–Trinajstić information content (AvgIpc) is 3.30. The van der Waals surface area contributed by atoms with Crippen molar-refractivity contribution in [1.29, 1.82) is 0 Å². The van der Waals surface area contributed by atoms with Gasteiger partial charge in [0.2, 0.25) is 0 Å². The normalized spacial score (nSPS) is 12.8. The molecule has 1 aliphatic rings. The van der Waals surface area contributed by atoms with Gasteiger partial charge in [0.15, 0.2) is 23.9 Å². The predicted molar refractivity (Wildman–Crippen MR) is 78.6 cm³/mol. The Morgan fingerprint density at radius 2 is 2.00 bits per heavy atom. The molecule has 0 saturated heterocycles. The number of rotatable bonds is 4. The Kier molecular flexibility index (Phi) is 3.62. The van der Waals surface area contributed by atoms with Crippen LogP contribution < -0.4 is 9.47 Å². The summed E-state index contributed by atoms with van der Waals surface area (Å²) in [6.07, 6.45) is 1.50. The number of aromatic nitrogens is 2. The molecule has 8 nitrogen and oxygen atoms in total. The molecule has 1 aromatic carbocycles. The van der Waals surface area contributed by atoms with Gasteiger partial charge in [-0.05, 0) is 30.3 Å². The fourth-order valence-corrected chi connectivity index (χ4v) is 2.19. The summed E-state index contributed by atoms with van der Waals surface area (Å²) in [5.41, 5.74) is 0.352. The first kappa shape index (κ1) is 14.3. The first-order valence-corrected chi connectivity index (χ1v) is 7.22.